The zero-order valence-corrected chi connectivity index (χ0v) is 14.2. The van der Waals surface area contributed by atoms with Gasteiger partial charge in [0.1, 0.15) is 0 Å². The van der Waals surface area contributed by atoms with Crippen LogP contribution >= 0.6 is 11.8 Å². The monoisotopic (exact) mass is 365 g/mol. The molecule has 25 heavy (non-hydrogen) atoms. The van der Waals surface area contributed by atoms with Gasteiger partial charge in [-0.15, -0.1) is 0 Å². The largest absolute Gasteiger partial charge is 0.416 e. The quantitative estimate of drug-likeness (QED) is 0.817. The lowest BCUT2D eigenvalue weighted by Crippen LogP contribution is -2.07. The molecule has 0 bridgehead atoms. The van der Waals surface area contributed by atoms with E-state index < -0.39 is 17.6 Å². The number of rotatable bonds is 2. The number of thioether (sulfide) groups is 1. The summed E-state index contributed by atoms with van der Waals surface area (Å²) in [5.41, 5.74) is 7.45. The van der Waals surface area contributed by atoms with Crippen molar-refractivity contribution in [1.82, 2.24) is 4.57 Å². The summed E-state index contributed by atoms with van der Waals surface area (Å²) in [7, 11) is 0. The van der Waals surface area contributed by atoms with E-state index in [4.69, 9.17) is 5.73 Å². The van der Waals surface area contributed by atoms with Crippen molar-refractivity contribution in [1.29, 1.82) is 0 Å². The van der Waals surface area contributed by atoms with Gasteiger partial charge in [0.05, 0.1) is 10.5 Å². The lowest BCUT2D eigenvalue weighted by atomic mass is 10.2. The number of amidine groups is 1. The van der Waals surface area contributed by atoms with Gasteiger partial charge in [-0.25, -0.2) is 0 Å². The molecule has 1 aromatic heterocycles. The second kappa shape index (κ2) is 6.11. The minimum atomic E-state index is -4.41. The van der Waals surface area contributed by atoms with Crippen LogP contribution in [-0.4, -0.2) is 15.6 Å². The molecule has 0 saturated carbocycles. The van der Waals surface area contributed by atoms with Gasteiger partial charge in [-0.2, -0.15) is 18.2 Å². The van der Waals surface area contributed by atoms with E-state index in [2.05, 4.69) is 4.99 Å². The van der Waals surface area contributed by atoms with Gasteiger partial charge < -0.3 is 10.3 Å². The Labute approximate surface area is 146 Å². The number of aryl methyl sites for hydroxylation is 1. The zero-order valence-electron chi connectivity index (χ0n) is 13.4. The Kier molecular flexibility index (Phi) is 4.24. The van der Waals surface area contributed by atoms with Gasteiger partial charge in [0, 0.05) is 17.1 Å². The third-order valence-electron chi connectivity index (χ3n) is 3.83. The summed E-state index contributed by atoms with van der Waals surface area (Å²) in [6.07, 6.45) is -2.75. The van der Waals surface area contributed by atoms with E-state index >= 15 is 0 Å². The third-order valence-corrected chi connectivity index (χ3v) is 4.64. The van der Waals surface area contributed by atoms with Gasteiger partial charge in [0.15, 0.2) is 5.17 Å². The van der Waals surface area contributed by atoms with Gasteiger partial charge >= 0.3 is 6.18 Å². The second-order valence-electron chi connectivity index (χ2n) is 5.58. The number of aromatic nitrogens is 1. The molecule has 4 nitrogen and oxygen atoms in total. The molecule has 1 aromatic carbocycles. The molecule has 0 fully saturated rings. The summed E-state index contributed by atoms with van der Waals surface area (Å²) in [5, 5.41) is 0.183. The predicted molar refractivity (Wildman–Crippen MR) is 92.4 cm³/mol. The Morgan fingerprint density at radius 1 is 1.24 bits per heavy atom. The number of aliphatic imine (C=N–C) groups is 1. The maximum atomic E-state index is 13.0. The summed E-state index contributed by atoms with van der Waals surface area (Å²) in [4.78, 5) is 15.8. The van der Waals surface area contributed by atoms with Gasteiger partial charge in [0.2, 0.25) is 0 Å². The minimum absolute atomic E-state index is 0.183. The molecule has 0 spiro atoms. The molecule has 2 N–H and O–H groups in total. The van der Waals surface area contributed by atoms with Crippen LogP contribution < -0.4 is 5.73 Å². The van der Waals surface area contributed by atoms with E-state index in [0.29, 0.717) is 10.6 Å². The van der Waals surface area contributed by atoms with Crippen molar-refractivity contribution in [2.24, 2.45) is 10.7 Å². The summed E-state index contributed by atoms with van der Waals surface area (Å²) in [6, 6.07) is 6.94. The van der Waals surface area contributed by atoms with Crippen LogP contribution in [0.5, 0.6) is 0 Å². The molecule has 0 atom stereocenters. The topological polar surface area (TPSA) is 60.4 Å². The van der Waals surface area contributed by atoms with Crippen molar-refractivity contribution in [2.75, 3.05) is 0 Å². The Hall–Kier alpha value is -2.48. The van der Waals surface area contributed by atoms with Crippen molar-refractivity contribution in [3.05, 3.63) is 57.8 Å². The highest BCUT2D eigenvalue weighted by molar-refractivity contribution is 8.18. The highest BCUT2D eigenvalue weighted by Crippen LogP contribution is 2.33. The first-order chi connectivity index (χ1) is 11.7. The molecule has 0 aliphatic carbocycles. The van der Waals surface area contributed by atoms with Crippen LogP contribution in [0.2, 0.25) is 0 Å². The van der Waals surface area contributed by atoms with Crippen LogP contribution in [0.25, 0.3) is 11.8 Å². The lowest BCUT2D eigenvalue weighted by molar-refractivity contribution is -0.137. The van der Waals surface area contributed by atoms with Crippen molar-refractivity contribution in [3.63, 3.8) is 0 Å². The summed E-state index contributed by atoms with van der Waals surface area (Å²) in [6.45, 7) is 3.58. The standard InChI is InChI=1S/C17H14F3N3OS/c1-9-6-11(7-14-15(24)22-16(21)25-14)10(2)23(9)13-5-3-4-12(8-13)17(18,19)20/h3-8H,1-2H3,(H2,21,22,24)/b14-7+. The molecule has 130 valence electrons. The number of amides is 1. The molecule has 0 unspecified atom stereocenters. The predicted octanol–water partition coefficient (Wildman–Crippen LogP) is 4.04. The number of carbonyl (C=O) groups is 1. The van der Waals surface area contributed by atoms with Gasteiger partial charge in [-0.3, -0.25) is 4.79 Å². The van der Waals surface area contributed by atoms with E-state index in [-0.39, 0.29) is 5.17 Å². The van der Waals surface area contributed by atoms with Gasteiger partial charge in [0.25, 0.3) is 5.91 Å². The molecule has 2 aromatic rings. The first-order valence-corrected chi connectivity index (χ1v) is 8.13. The van der Waals surface area contributed by atoms with Crippen molar-refractivity contribution < 1.29 is 18.0 Å². The Balaban J connectivity index is 2.05. The van der Waals surface area contributed by atoms with Crippen LogP contribution in [0, 0.1) is 13.8 Å². The van der Waals surface area contributed by atoms with Crippen molar-refractivity contribution in [3.8, 4) is 5.69 Å². The van der Waals surface area contributed by atoms with Crippen LogP contribution in [0.1, 0.15) is 22.5 Å². The molecule has 0 saturated heterocycles. The Morgan fingerprint density at radius 2 is 1.96 bits per heavy atom. The average molecular weight is 365 g/mol. The smallest absolute Gasteiger partial charge is 0.378 e. The van der Waals surface area contributed by atoms with E-state index in [9.17, 15) is 18.0 Å². The number of hydrogen-bond acceptors (Lipinski definition) is 3. The highest BCUT2D eigenvalue weighted by Gasteiger charge is 2.30. The van der Waals surface area contributed by atoms with Crippen LogP contribution in [0.3, 0.4) is 0 Å². The number of carbonyl (C=O) groups excluding carboxylic acids is 1. The summed E-state index contributed by atoms with van der Waals surface area (Å²) >= 11 is 1.08. The van der Waals surface area contributed by atoms with E-state index in [0.717, 1.165) is 40.8 Å². The van der Waals surface area contributed by atoms with Gasteiger partial charge in [-0.05, 0) is 61.5 Å². The van der Waals surface area contributed by atoms with Crippen LogP contribution in [0.15, 0.2) is 40.2 Å². The summed E-state index contributed by atoms with van der Waals surface area (Å²) in [5.74, 6) is -0.411. The second-order valence-corrected chi connectivity index (χ2v) is 6.64. The zero-order chi connectivity index (χ0) is 18.4. The summed E-state index contributed by atoms with van der Waals surface area (Å²) < 4.78 is 40.6. The number of halogens is 3. The molecular weight excluding hydrogens is 351 g/mol. The Morgan fingerprint density at radius 3 is 2.56 bits per heavy atom. The van der Waals surface area contributed by atoms with Crippen molar-refractivity contribution in [2.45, 2.75) is 20.0 Å². The van der Waals surface area contributed by atoms with Crippen LogP contribution in [0.4, 0.5) is 13.2 Å². The molecule has 1 aliphatic rings. The average Bonchev–Trinajstić information content (AvgIpc) is 2.97. The lowest BCUT2D eigenvalue weighted by Gasteiger charge is -2.13. The fraction of sp³-hybridized carbons (Fsp3) is 0.176. The molecular formula is C17H14F3N3OS. The number of nitrogens with two attached hydrogens (primary N) is 1. The molecule has 8 heteroatoms. The molecule has 0 radical (unpaired) electrons. The molecule has 2 heterocycles. The van der Waals surface area contributed by atoms with Gasteiger partial charge in [-0.1, -0.05) is 6.07 Å². The molecule has 1 amide bonds. The van der Waals surface area contributed by atoms with Crippen LogP contribution in [-0.2, 0) is 11.0 Å². The number of hydrogen-bond donors (Lipinski definition) is 1. The third kappa shape index (κ3) is 3.34. The van der Waals surface area contributed by atoms with Crippen molar-refractivity contribution >= 4 is 28.9 Å². The number of nitrogens with zero attached hydrogens (tertiary/aromatic N) is 2. The SMILES string of the molecule is Cc1cc(/C=C2/SC(N)=NC2=O)c(C)n1-c1cccc(C(F)(F)F)c1. The first kappa shape index (κ1) is 17.3. The van der Waals surface area contributed by atoms with E-state index in [1.807, 2.05) is 6.07 Å². The number of benzene rings is 1. The number of alkyl halides is 3. The van der Waals surface area contributed by atoms with E-state index in [1.54, 1.807) is 30.6 Å². The molecule has 1 aliphatic heterocycles. The minimum Gasteiger partial charge on any atom is -0.378 e. The molecule has 3 rings (SSSR count). The fourth-order valence-corrected chi connectivity index (χ4v) is 3.39. The normalized spacial score (nSPS) is 16.6. The fourth-order valence-electron chi connectivity index (χ4n) is 2.72. The Bertz CT molecular complexity index is 926. The van der Waals surface area contributed by atoms with E-state index in [1.165, 1.54) is 6.07 Å². The maximum absolute atomic E-state index is 13.0. The maximum Gasteiger partial charge on any atom is 0.416 e. The highest BCUT2D eigenvalue weighted by atomic mass is 32.2. The first-order valence-electron chi connectivity index (χ1n) is 7.31.